The second kappa shape index (κ2) is 8.99. The minimum absolute atomic E-state index is 0.137. The number of aryl methyl sites for hydroxylation is 1. The van der Waals surface area contributed by atoms with Crippen molar-refractivity contribution in [2.75, 3.05) is 39.2 Å². The molecule has 7 nitrogen and oxygen atoms in total. The van der Waals surface area contributed by atoms with Gasteiger partial charge in [-0.3, -0.25) is 4.79 Å². The van der Waals surface area contributed by atoms with Crippen LogP contribution < -0.4 is 10.1 Å². The van der Waals surface area contributed by atoms with E-state index in [0.29, 0.717) is 24.7 Å². The summed E-state index contributed by atoms with van der Waals surface area (Å²) in [5.41, 5.74) is 1.51. The van der Waals surface area contributed by atoms with Gasteiger partial charge in [0.2, 0.25) is 0 Å². The van der Waals surface area contributed by atoms with Crippen molar-refractivity contribution in [1.82, 2.24) is 4.90 Å². The first kappa shape index (κ1) is 18.8. The highest BCUT2D eigenvalue weighted by molar-refractivity contribution is 5.90. The molecule has 1 rings (SSSR count). The van der Waals surface area contributed by atoms with Crippen LogP contribution in [0.4, 0.5) is 10.5 Å². The normalized spacial score (nSPS) is 11.7. The van der Waals surface area contributed by atoms with E-state index in [2.05, 4.69) is 5.32 Å². The summed E-state index contributed by atoms with van der Waals surface area (Å²) >= 11 is 0. The number of hydrogen-bond donors (Lipinski definition) is 2. The van der Waals surface area contributed by atoms with Gasteiger partial charge in [-0.2, -0.15) is 0 Å². The quantitative estimate of drug-likeness (QED) is 0.716. The van der Waals surface area contributed by atoms with E-state index in [1.165, 1.54) is 4.90 Å². The molecule has 7 heteroatoms. The SMILES string of the molecule is COCCOc1ccc(NC(=O)N(C)CC(C)C(=O)O)c(C)c1. The van der Waals surface area contributed by atoms with Crippen LogP contribution in [0.5, 0.6) is 5.75 Å². The lowest BCUT2D eigenvalue weighted by atomic mass is 10.2. The van der Waals surface area contributed by atoms with Gasteiger partial charge in [0.05, 0.1) is 12.5 Å². The van der Waals surface area contributed by atoms with Crippen LogP contribution in [0.1, 0.15) is 12.5 Å². The summed E-state index contributed by atoms with van der Waals surface area (Å²) in [6.45, 7) is 4.52. The van der Waals surface area contributed by atoms with Crippen molar-refractivity contribution in [2.45, 2.75) is 13.8 Å². The van der Waals surface area contributed by atoms with Crippen LogP contribution in [0.15, 0.2) is 18.2 Å². The number of urea groups is 1. The predicted octanol–water partition coefficient (Wildman–Crippen LogP) is 2.20. The first-order chi connectivity index (χ1) is 10.8. The number of amides is 2. The zero-order valence-electron chi connectivity index (χ0n) is 14.0. The molecular weight excluding hydrogens is 300 g/mol. The number of ether oxygens (including phenoxy) is 2. The van der Waals surface area contributed by atoms with E-state index in [0.717, 1.165) is 5.56 Å². The summed E-state index contributed by atoms with van der Waals surface area (Å²) in [6, 6.07) is 4.99. The van der Waals surface area contributed by atoms with Crippen molar-refractivity contribution >= 4 is 17.7 Å². The highest BCUT2D eigenvalue weighted by atomic mass is 16.5. The Morgan fingerprint density at radius 3 is 2.61 bits per heavy atom. The van der Waals surface area contributed by atoms with Gasteiger partial charge in [-0.05, 0) is 30.7 Å². The maximum atomic E-state index is 12.1. The fourth-order valence-electron chi connectivity index (χ4n) is 1.89. The Labute approximate surface area is 136 Å². The number of carboxylic acids is 1. The molecule has 0 radical (unpaired) electrons. The zero-order chi connectivity index (χ0) is 17.4. The summed E-state index contributed by atoms with van der Waals surface area (Å²) in [6.07, 6.45) is 0. The van der Waals surface area contributed by atoms with Crippen LogP contribution >= 0.6 is 0 Å². The van der Waals surface area contributed by atoms with Crippen molar-refractivity contribution in [3.05, 3.63) is 23.8 Å². The maximum Gasteiger partial charge on any atom is 0.321 e. The molecule has 0 spiro atoms. The van der Waals surface area contributed by atoms with Crippen LogP contribution in [0.25, 0.3) is 0 Å². The Hall–Kier alpha value is -2.28. The summed E-state index contributed by atoms with van der Waals surface area (Å²) in [4.78, 5) is 24.3. The molecule has 1 aromatic rings. The number of aliphatic carboxylic acids is 1. The van der Waals surface area contributed by atoms with Gasteiger partial charge in [-0.15, -0.1) is 0 Å². The largest absolute Gasteiger partial charge is 0.491 e. The Balaban J connectivity index is 2.62. The van der Waals surface area contributed by atoms with E-state index in [4.69, 9.17) is 14.6 Å². The average molecular weight is 324 g/mol. The van der Waals surface area contributed by atoms with E-state index in [9.17, 15) is 9.59 Å². The number of nitrogens with zero attached hydrogens (tertiary/aromatic N) is 1. The third-order valence-electron chi connectivity index (χ3n) is 3.31. The van der Waals surface area contributed by atoms with Gasteiger partial charge in [0.1, 0.15) is 12.4 Å². The maximum absolute atomic E-state index is 12.1. The van der Waals surface area contributed by atoms with Crippen molar-refractivity contribution in [2.24, 2.45) is 5.92 Å². The summed E-state index contributed by atoms with van der Waals surface area (Å²) < 4.78 is 10.4. The molecule has 0 heterocycles. The van der Waals surface area contributed by atoms with E-state index in [-0.39, 0.29) is 12.6 Å². The molecule has 0 aliphatic carbocycles. The molecule has 1 unspecified atom stereocenters. The molecule has 0 bridgehead atoms. The number of methoxy groups -OCH3 is 1. The second-order valence-corrected chi connectivity index (χ2v) is 5.37. The first-order valence-corrected chi connectivity index (χ1v) is 7.32. The van der Waals surface area contributed by atoms with Gasteiger partial charge >= 0.3 is 12.0 Å². The molecule has 1 aromatic carbocycles. The molecule has 128 valence electrons. The van der Waals surface area contributed by atoms with Crippen LogP contribution in [-0.2, 0) is 9.53 Å². The molecule has 0 aliphatic rings. The van der Waals surface area contributed by atoms with Gasteiger partial charge in [0.15, 0.2) is 0 Å². The Morgan fingerprint density at radius 2 is 2.04 bits per heavy atom. The van der Waals surface area contributed by atoms with Gasteiger partial charge in [0, 0.05) is 26.4 Å². The molecule has 2 amide bonds. The Bertz CT molecular complexity index is 547. The molecule has 0 aliphatic heterocycles. The fraction of sp³-hybridized carbons (Fsp3) is 0.500. The molecule has 2 N–H and O–H groups in total. The van der Waals surface area contributed by atoms with Crippen molar-refractivity contribution in [3.63, 3.8) is 0 Å². The minimum atomic E-state index is -0.932. The lowest BCUT2D eigenvalue weighted by Gasteiger charge is -2.20. The summed E-state index contributed by atoms with van der Waals surface area (Å²) in [5, 5.41) is 11.6. The number of anilines is 1. The van der Waals surface area contributed by atoms with Crippen LogP contribution in [0.3, 0.4) is 0 Å². The topological polar surface area (TPSA) is 88.1 Å². The van der Waals surface area contributed by atoms with Crippen LogP contribution in [0, 0.1) is 12.8 Å². The molecule has 0 fully saturated rings. The lowest BCUT2D eigenvalue weighted by molar-refractivity contribution is -0.141. The van der Waals surface area contributed by atoms with Gasteiger partial charge < -0.3 is 24.8 Å². The zero-order valence-corrected chi connectivity index (χ0v) is 14.0. The number of rotatable bonds is 8. The third-order valence-corrected chi connectivity index (χ3v) is 3.31. The van der Waals surface area contributed by atoms with Crippen LogP contribution in [-0.4, -0.2) is 55.9 Å². The van der Waals surface area contributed by atoms with E-state index in [1.54, 1.807) is 33.2 Å². The van der Waals surface area contributed by atoms with Crippen LogP contribution in [0.2, 0.25) is 0 Å². The smallest absolute Gasteiger partial charge is 0.321 e. The summed E-state index contributed by atoms with van der Waals surface area (Å²) in [5.74, 6) is -0.854. The molecule has 0 aromatic heterocycles. The lowest BCUT2D eigenvalue weighted by Crippen LogP contribution is -2.36. The predicted molar refractivity (Wildman–Crippen MR) is 87.0 cm³/mol. The molecular formula is C16H24N2O5. The highest BCUT2D eigenvalue weighted by Gasteiger charge is 2.17. The summed E-state index contributed by atoms with van der Waals surface area (Å²) in [7, 11) is 3.17. The molecule has 0 saturated heterocycles. The monoisotopic (exact) mass is 324 g/mol. The molecule has 1 atom stereocenters. The van der Waals surface area contributed by atoms with E-state index < -0.39 is 11.9 Å². The van der Waals surface area contributed by atoms with E-state index >= 15 is 0 Å². The van der Waals surface area contributed by atoms with Gasteiger partial charge in [-0.1, -0.05) is 6.92 Å². The number of benzene rings is 1. The third kappa shape index (κ3) is 6.15. The van der Waals surface area contributed by atoms with Crippen molar-refractivity contribution in [3.8, 4) is 5.75 Å². The first-order valence-electron chi connectivity index (χ1n) is 7.32. The Morgan fingerprint density at radius 1 is 1.35 bits per heavy atom. The van der Waals surface area contributed by atoms with Gasteiger partial charge in [-0.25, -0.2) is 4.79 Å². The highest BCUT2D eigenvalue weighted by Crippen LogP contribution is 2.21. The molecule has 0 saturated carbocycles. The van der Waals surface area contributed by atoms with Crippen molar-refractivity contribution in [1.29, 1.82) is 0 Å². The fourth-order valence-corrected chi connectivity index (χ4v) is 1.89. The number of carboxylic acid groups (broad SMARTS) is 1. The molecule has 23 heavy (non-hydrogen) atoms. The average Bonchev–Trinajstić information content (AvgIpc) is 2.49. The van der Waals surface area contributed by atoms with Gasteiger partial charge in [0.25, 0.3) is 0 Å². The number of nitrogens with one attached hydrogen (secondary N) is 1. The standard InChI is InChI=1S/C16H24N2O5/c1-11-9-13(23-8-7-22-4)5-6-14(11)17-16(21)18(3)10-12(2)15(19)20/h5-6,9,12H,7-8,10H2,1-4H3,(H,17,21)(H,19,20). The van der Waals surface area contributed by atoms with E-state index in [1.807, 2.05) is 13.0 Å². The number of carbonyl (C=O) groups is 2. The second-order valence-electron chi connectivity index (χ2n) is 5.37. The number of carbonyl (C=O) groups excluding carboxylic acids is 1. The Kier molecular flexibility index (Phi) is 7.34. The number of hydrogen-bond acceptors (Lipinski definition) is 4. The minimum Gasteiger partial charge on any atom is -0.491 e. The van der Waals surface area contributed by atoms with Crippen molar-refractivity contribution < 1.29 is 24.2 Å².